The monoisotopic (exact) mass is 294 g/mol. The molecule has 2 atom stereocenters. The van der Waals surface area contributed by atoms with E-state index in [9.17, 15) is 10.1 Å². The molecule has 1 aliphatic heterocycles. The first kappa shape index (κ1) is 15.7. The van der Waals surface area contributed by atoms with Gasteiger partial charge in [-0.3, -0.25) is 15.0 Å². The molecule has 2 rings (SSSR count). The quantitative estimate of drug-likeness (QED) is 0.616. The van der Waals surface area contributed by atoms with Crippen molar-refractivity contribution in [3.8, 4) is 5.75 Å². The lowest BCUT2D eigenvalue weighted by molar-refractivity contribution is -0.385. The second-order valence-corrected chi connectivity index (χ2v) is 5.57. The summed E-state index contributed by atoms with van der Waals surface area (Å²) >= 11 is 0. The van der Waals surface area contributed by atoms with Crippen molar-refractivity contribution in [2.45, 2.75) is 33.0 Å². The van der Waals surface area contributed by atoms with Gasteiger partial charge in [-0.15, -0.1) is 0 Å². The van der Waals surface area contributed by atoms with Gasteiger partial charge in [0, 0.05) is 31.3 Å². The molecule has 6 nitrogen and oxygen atoms in total. The van der Waals surface area contributed by atoms with Gasteiger partial charge in [0.2, 0.25) is 0 Å². The van der Waals surface area contributed by atoms with E-state index in [0.29, 0.717) is 17.9 Å². The first-order valence-electron chi connectivity index (χ1n) is 7.21. The molecule has 0 aromatic heterocycles. The molecule has 0 spiro atoms. The standard InChI is InChI=1S/C15H22N2O4/c1-11-8-14(4-5-15(11)17(18)19)20-7-6-16-9-12(2)21-13(3)10-16/h4-5,8,12-13H,6-7,9-10H2,1-3H3/t12-,13-/m1/s1. The van der Waals surface area contributed by atoms with Gasteiger partial charge >= 0.3 is 0 Å². The third-order valence-electron chi connectivity index (χ3n) is 3.54. The SMILES string of the molecule is Cc1cc(OCCN2C[C@@H](C)O[C@H](C)C2)ccc1[N+](=O)[O-]. The van der Waals surface area contributed by atoms with Gasteiger partial charge in [-0.25, -0.2) is 0 Å². The maximum Gasteiger partial charge on any atom is 0.272 e. The van der Waals surface area contributed by atoms with Gasteiger partial charge < -0.3 is 9.47 Å². The molecule has 1 fully saturated rings. The number of hydrogen-bond acceptors (Lipinski definition) is 5. The highest BCUT2D eigenvalue weighted by atomic mass is 16.6. The zero-order chi connectivity index (χ0) is 15.4. The van der Waals surface area contributed by atoms with Crippen molar-refractivity contribution in [1.29, 1.82) is 0 Å². The van der Waals surface area contributed by atoms with Crippen molar-refractivity contribution >= 4 is 5.69 Å². The summed E-state index contributed by atoms with van der Waals surface area (Å²) in [5.74, 6) is 0.674. The van der Waals surface area contributed by atoms with Crippen LogP contribution in [0.4, 0.5) is 5.69 Å². The van der Waals surface area contributed by atoms with Gasteiger partial charge in [-0.2, -0.15) is 0 Å². The van der Waals surface area contributed by atoms with Crippen LogP contribution >= 0.6 is 0 Å². The number of aryl methyl sites for hydroxylation is 1. The highest BCUT2D eigenvalue weighted by Gasteiger charge is 2.21. The summed E-state index contributed by atoms with van der Waals surface area (Å²) in [5, 5.41) is 10.8. The molecule has 1 aliphatic rings. The van der Waals surface area contributed by atoms with Crippen molar-refractivity contribution in [3.63, 3.8) is 0 Å². The Morgan fingerprint density at radius 3 is 2.62 bits per heavy atom. The van der Waals surface area contributed by atoms with Crippen LogP contribution in [0.25, 0.3) is 0 Å². The van der Waals surface area contributed by atoms with Crippen LogP contribution in [0.1, 0.15) is 19.4 Å². The van der Waals surface area contributed by atoms with E-state index >= 15 is 0 Å². The van der Waals surface area contributed by atoms with Gasteiger partial charge in [-0.1, -0.05) is 0 Å². The summed E-state index contributed by atoms with van der Waals surface area (Å²) < 4.78 is 11.4. The third-order valence-corrected chi connectivity index (χ3v) is 3.54. The lowest BCUT2D eigenvalue weighted by Crippen LogP contribution is -2.46. The van der Waals surface area contributed by atoms with E-state index in [1.807, 2.05) is 0 Å². The Bertz CT molecular complexity index is 496. The summed E-state index contributed by atoms with van der Waals surface area (Å²) in [5.41, 5.74) is 0.740. The normalized spacial score (nSPS) is 23.0. The van der Waals surface area contributed by atoms with Crippen LogP contribution in [0, 0.1) is 17.0 Å². The molecule has 1 aromatic carbocycles. The van der Waals surface area contributed by atoms with Crippen LogP contribution in [-0.4, -0.2) is 48.3 Å². The van der Waals surface area contributed by atoms with E-state index in [1.165, 1.54) is 6.07 Å². The number of benzene rings is 1. The number of ether oxygens (including phenoxy) is 2. The minimum atomic E-state index is -0.379. The van der Waals surface area contributed by atoms with Crippen molar-refractivity contribution in [1.82, 2.24) is 4.90 Å². The fourth-order valence-electron chi connectivity index (χ4n) is 2.68. The van der Waals surface area contributed by atoms with E-state index in [-0.39, 0.29) is 22.8 Å². The molecule has 6 heteroatoms. The molecule has 1 aromatic rings. The first-order valence-corrected chi connectivity index (χ1v) is 7.21. The molecular weight excluding hydrogens is 272 g/mol. The van der Waals surface area contributed by atoms with Crippen molar-refractivity contribution in [2.24, 2.45) is 0 Å². The Kier molecular flexibility index (Phi) is 5.14. The number of morpholine rings is 1. The minimum Gasteiger partial charge on any atom is -0.492 e. The van der Waals surface area contributed by atoms with E-state index < -0.39 is 0 Å². The lowest BCUT2D eigenvalue weighted by Gasteiger charge is -2.35. The van der Waals surface area contributed by atoms with Crippen LogP contribution < -0.4 is 4.74 Å². The smallest absolute Gasteiger partial charge is 0.272 e. The number of nitro groups is 1. The molecule has 0 amide bonds. The van der Waals surface area contributed by atoms with E-state index in [2.05, 4.69) is 18.7 Å². The number of nitro benzene ring substituents is 1. The van der Waals surface area contributed by atoms with Gasteiger partial charge in [0.25, 0.3) is 5.69 Å². The van der Waals surface area contributed by atoms with Crippen LogP contribution in [0.2, 0.25) is 0 Å². The molecule has 1 heterocycles. The topological polar surface area (TPSA) is 64.8 Å². The third kappa shape index (κ3) is 4.41. The summed E-state index contributed by atoms with van der Waals surface area (Å²) in [6, 6.07) is 4.85. The van der Waals surface area contributed by atoms with E-state index in [1.54, 1.807) is 19.1 Å². The number of hydrogen-bond donors (Lipinski definition) is 0. The zero-order valence-electron chi connectivity index (χ0n) is 12.7. The molecule has 0 radical (unpaired) electrons. The maximum absolute atomic E-state index is 10.8. The van der Waals surface area contributed by atoms with Crippen molar-refractivity contribution in [3.05, 3.63) is 33.9 Å². The predicted octanol–water partition coefficient (Wildman–Crippen LogP) is 2.39. The molecular formula is C15H22N2O4. The summed E-state index contributed by atoms with van der Waals surface area (Å²) in [4.78, 5) is 12.7. The fraction of sp³-hybridized carbons (Fsp3) is 0.600. The molecule has 116 valence electrons. The molecule has 0 N–H and O–H groups in total. The van der Waals surface area contributed by atoms with Crippen LogP contribution in [0.3, 0.4) is 0 Å². The summed E-state index contributed by atoms with van der Waals surface area (Å²) in [7, 11) is 0. The average molecular weight is 294 g/mol. The first-order chi connectivity index (χ1) is 9.95. The van der Waals surface area contributed by atoms with E-state index in [0.717, 1.165) is 19.6 Å². The van der Waals surface area contributed by atoms with Crippen LogP contribution in [0.15, 0.2) is 18.2 Å². The highest BCUT2D eigenvalue weighted by Crippen LogP contribution is 2.23. The fourth-order valence-corrected chi connectivity index (χ4v) is 2.68. The Balaban J connectivity index is 1.83. The van der Waals surface area contributed by atoms with Crippen LogP contribution in [0.5, 0.6) is 5.75 Å². The number of nitrogens with zero attached hydrogens (tertiary/aromatic N) is 2. The Morgan fingerprint density at radius 2 is 2.05 bits per heavy atom. The molecule has 21 heavy (non-hydrogen) atoms. The minimum absolute atomic E-state index is 0.123. The summed E-state index contributed by atoms with van der Waals surface area (Å²) in [6.07, 6.45) is 0.491. The van der Waals surface area contributed by atoms with Crippen molar-refractivity contribution in [2.75, 3.05) is 26.2 Å². The molecule has 0 bridgehead atoms. The largest absolute Gasteiger partial charge is 0.492 e. The molecule has 0 saturated carbocycles. The Labute approximate surface area is 124 Å². The van der Waals surface area contributed by atoms with Crippen LogP contribution in [-0.2, 0) is 4.74 Å². The second-order valence-electron chi connectivity index (χ2n) is 5.57. The van der Waals surface area contributed by atoms with Crippen molar-refractivity contribution < 1.29 is 14.4 Å². The Morgan fingerprint density at radius 1 is 1.38 bits per heavy atom. The van der Waals surface area contributed by atoms with Gasteiger partial charge in [0.15, 0.2) is 0 Å². The van der Waals surface area contributed by atoms with Gasteiger partial charge in [0.05, 0.1) is 17.1 Å². The number of rotatable bonds is 5. The van der Waals surface area contributed by atoms with Gasteiger partial charge in [0.1, 0.15) is 12.4 Å². The average Bonchev–Trinajstić information content (AvgIpc) is 2.37. The zero-order valence-corrected chi connectivity index (χ0v) is 12.7. The van der Waals surface area contributed by atoms with Gasteiger partial charge in [-0.05, 0) is 32.9 Å². The molecule has 0 aliphatic carbocycles. The van der Waals surface area contributed by atoms with E-state index in [4.69, 9.17) is 9.47 Å². The molecule has 0 unspecified atom stereocenters. The Hall–Kier alpha value is -1.66. The maximum atomic E-state index is 10.8. The predicted molar refractivity (Wildman–Crippen MR) is 79.8 cm³/mol. The molecule has 1 saturated heterocycles. The summed E-state index contributed by atoms with van der Waals surface area (Å²) in [6.45, 7) is 9.08. The highest BCUT2D eigenvalue weighted by molar-refractivity contribution is 5.44. The lowest BCUT2D eigenvalue weighted by atomic mass is 10.2. The second kappa shape index (κ2) is 6.87.